The number of nitrogens with one attached hydrogen (secondary N) is 2. The number of benzene rings is 1. The summed E-state index contributed by atoms with van der Waals surface area (Å²) in [5.41, 5.74) is 4.53. The molecule has 0 bridgehead atoms. The normalized spacial score (nSPS) is 19.0. The van der Waals surface area contributed by atoms with E-state index in [1.165, 1.54) is 5.56 Å². The molecule has 0 spiro atoms. The lowest BCUT2D eigenvalue weighted by atomic mass is 10.1. The van der Waals surface area contributed by atoms with Crippen LogP contribution >= 0.6 is 0 Å². The standard InChI is InChI=1S/C17H19N5O/c1-2-4-13(5-3-1)17-14(10-19-21-17)11-22-8-9-23-12-16(22)15-6-7-18-20-15/h1-7,10,16H,8-9,11-12H2,(H,18,20)(H,19,21)/t16-/m0/s1. The first-order valence-electron chi connectivity index (χ1n) is 7.80. The molecule has 0 amide bonds. The fourth-order valence-corrected chi connectivity index (χ4v) is 3.07. The van der Waals surface area contributed by atoms with Gasteiger partial charge >= 0.3 is 0 Å². The van der Waals surface area contributed by atoms with Crippen molar-refractivity contribution in [3.8, 4) is 11.3 Å². The van der Waals surface area contributed by atoms with Crippen LogP contribution < -0.4 is 0 Å². The van der Waals surface area contributed by atoms with E-state index in [0.717, 1.165) is 36.6 Å². The summed E-state index contributed by atoms with van der Waals surface area (Å²) >= 11 is 0. The summed E-state index contributed by atoms with van der Waals surface area (Å²) < 4.78 is 5.66. The molecule has 6 nitrogen and oxygen atoms in total. The van der Waals surface area contributed by atoms with Crippen LogP contribution in [0.2, 0.25) is 0 Å². The third kappa shape index (κ3) is 2.91. The van der Waals surface area contributed by atoms with Gasteiger partial charge in [0.25, 0.3) is 0 Å². The summed E-state index contributed by atoms with van der Waals surface area (Å²) in [7, 11) is 0. The van der Waals surface area contributed by atoms with Crippen molar-refractivity contribution in [1.82, 2.24) is 25.3 Å². The maximum Gasteiger partial charge on any atom is 0.0755 e. The second kappa shape index (κ2) is 6.36. The van der Waals surface area contributed by atoms with Crippen LogP contribution in [0.15, 0.2) is 48.8 Å². The molecule has 1 atom stereocenters. The molecule has 6 heteroatoms. The van der Waals surface area contributed by atoms with E-state index < -0.39 is 0 Å². The van der Waals surface area contributed by atoms with Crippen LogP contribution in [0.25, 0.3) is 11.3 Å². The van der Waals surface area contributed by atoms with Crippen molar-refractivity contribution in [2.75, 3.05) is 19.8 Å². The van der Waals surface area contributed by atoms with Crippen molar-refractivity contribution < 1.29 is 4.74 Å². The minimum absolute atomic E-state index is 0.199. The Balaban J connectivity index is 1.59. The number of hydrogen-bond donors (Lipinski definition) is 2. The smallest absolute Gasteiger partial charge is 0.0755 e. The van der Waals surface area contributed by atoms with Crippen LogP contribution in [0, 0.1) is 0 Å². The molecule has 2 N–H and O–H groups in total. The molecular weight excluding hydrogens is 290 g/mol. The molecule has 1 aliphatic heterocycles. The quantitative estimate of drug-likeness (QED) is 0.776. The average molecular weight is 309 g/mol. The van der Waals surface area contributed by atoms with Gasteiger partial charge in [0.1, 0.15) is 0 Å². The largest absolute Gasteiger partial charge is 0.378 e. The zero-order valence-electron chi connectivity index (χ0n) is 12.8. The first-order chi connectivity index (χ1) is 11.4. The van der Waals surface area contributed by atoms with Crippen LogP contribution in [0.1, 0.15) is 17.3 Å². The van der Waals surface area contributed by atoms with E-state index in [4.69, 9.17) is 4.74 Å². The van der Waals surface area contributed by atoms with Crippen LogP contribution in [-0.4, -0.2) is 45.1 Å². The van der Waals surface area contributed by atoms with Gasteiger partial charge in [0, 0.05) is 24.8 Å². The summed E-state index contributed by atoms with van der Waals surface area (Å²) in [6.07, 6.45) is 3.71. The number of ether oxygens (including phenoxy) is 1. The minimum Gasteiger partial charge on any atom is -0.378 e. The summed E-state index contributed by atoms with van der Waals surface area (Å²) in [6, 6.07) is 12.5. The van der Waals surface area contributed by atoms with Crippen molar-refractivity contribution in [3.05, 3.63) is 60.0 Å². The predicted molar refractivity (Wildman–Crippen MR) is 86.6 cm³/mol. The summed E-state index contributed by atoms with van der Waals surface area (Å²) in [5, 5.41) is 14.5. The predicted octanol–water partition coefficient (Wildman–Crippen LogP) is 2.37. The van der Waals surface area contributed by atoms with E-state index >= 15 is 0 Å². The van der Waals surface area contributed by atoms with Gasteiger partial charge in [-0.25, -0.2) is 0 Å². The van der Waals surface area contributed by atoms with Gasteiger partial charge < -0.3 is 4.74 Å². The Morgan fingerprint density at radius 3 is 2.87 bits per heavy atom. The van der Waals surface area contributed by atoms with Crippen LogP contribution in [-0.2, 0) is 11.3 Å². The number of morpholine rings is 1. The molecule has 3 aromatic rings. The Morgan fingerprint density at radius 1 is 1.13 bits per heavy atom. The number of aromatic amines is 2. The third-order valence-corrected chi connectivity index (χ3v) is 4.27. The Bertz CT molecular complexity index is 737. The summed E-state index contributed by atoms with van der Waals surface area (Å²) in [6.45, 7) is 3.15. The van der Waals surface area contributed by atoms with Gasteiger partial charge in [-0.15, -0.1) is 0 Å². The molecule has 4 rings (SSSR count). The second-order valence-electron chi connectivity index (χ2n) is 5.71. The van der Waals surface area contributed by atoms with Crippen molar-refractivity contribution in [2.24, 2.45) is 0 Å². The van der Waals surface area contributed by atoms with Crippen LogP contribution in [0.5, 0.6) is 0 Å². The zero-order chi connectivity index (χ0) is 15.5. The van der Waals surface area contributed by atoms with Gasteiger partial charge in [-0.1, -0.05) is 30.3 Å². The average Bonchev–Trinajstić information content (AvgIpc) is 3.28. The van der Waals surface area contributed by atoms with Gasteiger partial charge in [-0.2, -0.15) is 10.2 Å². The number of rotatable bonds is 4. The first kappa shape index (κ1) is 14.2. The van der Waals surface area contributed by atoms with Crippen LogP contribution in [0.3, 0.4) is 0 Å². The van der Waals surface area contributed by atoms with Gasteiger partial charge in [-0.3, -0.25) is 15.1 Å². The Morgan fingerprint density at radius 2 is 2.04 bits per heavy atom. The topological polar surface area (TPSA) is 69.8 Å². The molecule has 1 fully saturated rings. The minimum atomic E-state index is 0.199. The molecule has 3 heterocycles. The fourth-order valence-electron chi connectivity index (χ4n) is 3.07. The Hall–Kier alpha value is -2.44. The highest BCUT2D eigenvalue weighted by atomic mass is 16.5. The highest BCUT2D eigenvalue weighted by molar-refractivity contribution is 5.62. The molecule has 1 saturated heterocycles. The van der Waals surface area contributed by atoms with E-state index in [9.17, 15) is 0 Å². The lowest BCUT2D eigenvalue weighted by Gasteiger charge is -2.34. The van der Waals surface area contributed by atoms with Gasteiger partial charge in [-0.05, 0) is 11.6 Å². The van der Waals surface area contributed by atoms with E-state index in [1.807, 2.05) is 30.5 Å². The molecule has 0 unspecified atom stereocenters. The number of aromatic nitrogens is 4. The number of H-pyrrole nitrogens is 2. The number of nitrogens with zero attached hydrogens (tertiary/aromatic N) is 3. The van der Waals surface area contributed by atoms with Crippen molar-refractivity contribution in [1.29, 1.82) is 0 Å². The summed E-state index contributed by atoms with van der Waals surface area (Å²) in [5.74, 6) is 0. The van der Waals surface area contributed by atoms with Crippen molar-refractivity contribution in [2.45, 2.75) is 12.6 Å². The third-order valence-electron chi connectivity index (χ3n) is 4.27. The fraction of sp³-hybridized carbons (Fsp3) is 0.294. The Labute approximate surface area is 134 Å². The van der Waals surface area contributed by atoms with Crippen molar-refractivity contribution >= 4 is 0 Å². The molecule has 118 valence electrons. The molecule has 2 aromatic heterocycles. The second-order valence-corrected chi connectivity index (χ2v) is 5.71. The van der Waals surface area contributed by atoms with Gasteiger partial charge in [0.05, 0.1) is 36.8 Å². The molecular formula is C17H19N5O. The van der Waals surface area contributed by atoms with E-state index in [2.05, 4.69) is 37.4 Å². The monoisotopic (exact) mass is 309 g/mol. The summed E-state index contributed by atoms with van der Waals surface area (Å²) in [4.78, 5) is 2.41. The van der Waals surface area contributed by atoms with Gasteiger partial charge in [0.15, 0.2) is 0 Å². The van der Waals surface area contributed by atoms with Gasteiger partial charge in [0.2, 0.25) is 0 Å². The zero-order valence-corrected chi connectivity index (χ0v) is 12.8. The van der Waals surface area contributed by atoms with Crippen LogP contribution in [0.4, 0.5) is 0 Å². The molecule has 1 aromatic carbocycles. The lowest BCUT2D eigenvalue weighted by molar-refractivity contribution is -0.0142. The maximum absolute atomic E-state index is 5.66. The highest BCUT2D eigenvalue weighted by Gasteiger charge is 2.26. The van der Waals surface area contributed by atoms with E-state index in [1.54, 1.807) is 6.20 Å². The molecule has 23 heavy (non-hydrogen) atoms. The highest BCUT2D eigenvalue weighted by Crippen LogP contribution is 2.27. The molecule has 0 saturated carbocycles. The maximum atomic E-state index is 5.66. The molecule has 1 aliphatic rings. The molecule has 0 radical (unpaired) electrons. The van der Waals surface area contributed by atoms with E-state index in [0.29, 0.717) is 6.61 Å². The van der Waals surface area contributed by atoms with E-state index in [-0.39, 0.29) is 6.04 Å². The van der Waals surface area contributed by atoms with Crippen molar-refractivity contribution in [3.63, 3.8) is 0 Å². The number of hydrogen-bond acceptors (Lipinski definition) is 4. The molecule has 0 aliphatic carbocycles. The lowest BCUT2D eigenvalue weighted by Crippen LogP contribution is -2.39. The SMILES string of the molecule is c1ccc(-c2[nH]ncc2CN2CCOC[C@H]2c2ccn[nH]2)cc1. The first-order valence-corrected chi connectivity index (χ1v) is 7.80. The Kier molecular flexibility index (Phi) is 3.92.